The number of amides is 1. The minimum atomic E-state index is 0.143. The van der Waals surface area contributed by atoms with E-state index in [1.54, 1.807) is 0 Å². The number of carbonyl (C=O) groups is 1. The van der Waals surface area contributed by atoms with Gasteiger partial charge in [0.1, 0.15) is 0 Å². The molecule has 110 valence electrons. The van der Waals surface area contributed by atoms with Crippen molar-refractivity contribution < 1.29 is 4.79 Å². The quantitative estimate of drug-likeness (QED) is 0.792. The maximum Gasteiger partial charge on any atom is 0.223 e. The van der Waals surface area contributed by atoms with Gasteiger partial charge in [-0.25, -0.2) is 0 Å². The fourth-order valence-corrected chi connectivity index (χ4v) is 3.57. The van der Waals surface area contributed by atoms with Crippen LogP contribution in [0.1, 0.15) is 46.0 Å². The van der Waals surface area contributed by atoms with Crippen molar-refractivity contribution in [3.8, 4) is 0 Å². The molecule has 4 heteroatoms. The molecule has 1 amide bonds. The van der Waals surface area contributed by atoms with Crippen LogP contribution < -0.4 is 5.73 Å². The van der Waals surface area contributed by atoms with Gasteiger partial charge >= 0.3 is 0 Å². The summed E-state index contributed by atoms with van der Waals surface area (Å²) in [7, 11) is 0. The average Bonchev–Trinajstić information content (AvgIpc) is 2.85. The second-order valence-corrected chi connectivity index (χ2v) is 6.24. The van der Waals surface area contributed by atoms with Gasteiger partial charge in [-0.3, -0.25) is 9.69 Å². The van der Waals surface area contributed by atoms with Gasteiger partial charge in [0.25, 0.3) is 0 Å². The zero-order chi connectivity index (χ0) is 13.9. The van der Waals surface area contributed by atoms with E-state index >= 15 is 0 Å². The third-order valence-corrected chi connectivity index (χ3v) is 5.22. The fourth-order valence-electron chi connectivity index (χ4n) is 3.57. The Labute approximate surface area is 117 Å². The molecule has 1 saturated carbocycles. The maximum atomic E-state index is 12.4. The minimum Gasteiger partial charge on any atom is -0.341 e. The van der Waals surface area contributed by atoms with Gasteiger partial charge in [0.2, 0.25) is 5.91 Å². The van der Waals surface area contributed by atoms with Gasteiger partial charge in [0, 0.05) is 25.6 Å². The molecule has 2 fully saturated rings. The smallest absolute Gasteiger partial charge is 0.223 e. The normalized spacial score (nSPS) is 25.7. The summed E-state index contributed by atoms with van der Waals surface area (Å²) in [5.41, 5.74) is 6.00. The number of likely N-dealkylation sites (tertiary alicyclic amines) is 1. The summed E-state index contributed by atoms with van der Waals surface area (Å²) in [5, 5.41) is 0. The summed E-state index contributed by atoms with van der Waals surface area (Å²) in [6, 6.07) is 0.564. The first-order valence-corrected chi connectivity index (χ1v) is 7.86. The number of nitrogens with two attached hydrogens (primary N) is 1. The van der Waals surface area contributed by atoms with Crippen molar-refractivity contribution in [3.05, 3.63) is 0 Å². The van der Waals surface area contributed by atoms with E-state index < -0.39 is 0 Å². The Morgan fingerprint density at radius 1 is 1.37 bits per heavy atom. The van der Waals surface area contributed by atoms with Crippen LogP contribution in [-0.4, -0.2) is 54.5 Å². The summed E-state index contributed by atoms with van der Waals surface area (Å²) in [5.74, 6) is 0.333. The zero-order valence-electron chi connectivity index (χ0n) is 12.5. The van der Waals surface area contributed by atoms with Gasteiger partial charge < -0.3 is 10.6 Å². The Morgan fingerprint density at radius 2 is 2.05 bits per heavy atom. The highest BCUT2D eigenvalue weighted by molar-refractivity contribution is 5.77. The molecule has 1 saturated heterocycles. The number of rotatable bonds is 6. The van der Waals surface area contributed by atoms with Crippen LogP contribution >= 0.6 is 0 Å². The molecule has 2 rings (SSSR count). The van der Waals surface area contributed by atoms with Crippen LogP contribution in [0.25, 0.3) is 0 Å². The topological polar surface area (TPSA) is 49.6 Å². The van der Waals surface area contributed by atoms with Gasteiger partial charge in [-0.2, -0.15) is 0 Å². The highest BCUT2D eigenvalue weighted by Gasteiger charge is 2.40. The summed E-state index contributed by atoms with van der Waals surface area (Å²) in [4.78, 5) is 16.9. The Balaban J connectivity index is 1.84. The van der Waals surface area contributed by atoms with Crippen LogP contribution in [0.15, 0.2) is 0 Å². The van der Waals surface area contributed by atoms with E-state index in [0.717, 1.165) is 45.4 Å². The van der Waals surface area contributed by atoms with E-state index in [4.69, 9.17) is 5.73 Å². The standard InChI is InChI=1S/C15H29N3O/c1-3-17(4-2)13-6-9-18(11-13)14(19)10-15(12-16)7-5-8-15/h13H,3-12,16H2,1-2H3. The number of likely N-dealkylation sites (N-methyl/N-ethyl adjacent to an activating group) is 1. The van der Waals surface area contributed by atoms with E-state index in [9.17, 15) is 4.79 Å². The molecule has 4 nitrogen and oxygen atoms in total. The lowest BCUT2D eigenvalue weighted by Crippen LogP contribution is -2.44. The summed E-state index contributed by atoms with van der Waals surface area (Å²) >= 11 is 0. The van der Waals surface area contributed by atoms with Crippen molar-refractivity contribution in [2.24, 2.45) is 11.1 Å². The van der Waals surface area contributed by atoms with Crippen molar-refractivity contribution >= 4 is 5.91 Å². The summed E-state index contributed by atoms with van der Waals surface area (Å²) in [6.07, 6.45) is 5.33. The van der Waals surface area contributed by atoms with Crippen LogP contribution in [-0.2, 0) is 4.79 Å². The van der Waals surface area contributed by atoms with E-state index in [2.05, 4.69) is 23.6 Å². The molecule has 0 spiro atoms. The first-order valence-electron chi connectivity index (χ1n) is 7.86. The van der Waals surface area contributed by atoms with Crippen LogP contribution in [0.4, 0.5) is 0 Å². The first-order chi connectivity index (χ1) is 9.14. The van der Waals surface area contributed by atoms with E-state index in [1.165, 1.54) is 6.42 Å². The molecule has 0 aromatic carbocycles. The minimum absolute atomic E-state index is 0.143. The summed E-state index contributed by atoms with van der Waals surface area (Å²) in [6.45, 7) is 9.08. The molecular formula is C15H29N3O. The molecular weight excluding hydrogens is 238 g/mol. The van der Waals surface area contributed by atoms with Crippen LogP contribution in [0.5, 0.6) is 0 Å². The molecule has 1 heterocycles. The Hall–Kier alpha value is -0.610. The van der Waals surface area contributed by atoms with Gasteiger partial charge in [-0.05, 0) is 44.3 Å². The molecule has 1 unspecified atom stereocenters. The lowest BCUT2D eigenvalue weighted by atomic mass is 9.66. The molecule has 2 N–H and O–H groups in total. The van der Waals surface area contributed by atoms with Crippen molar-refractivity contribution in [3.63, 3.8) is 0 Å². The van der Waals surface area contributed by atoms with Crippen LogP contribution in [0.2, 0.25) is 0 Å². The molecule has 19 heavy (non-hydrogen) atoms. The van der Waals surface area contributed by atoms with Gasteiger partial charge in [0.05, 0.1) is 0 Å². The monoisotopic (exact) mass is 267 g/mol. The Kier molecular flexibility index (Phi) is 4.85. The van der Waals surface area contributed by atoms with Crippen molar-refractivity contribution in [1.29, 1.82) is 0 Å². The number of hydrogen-bond donors (Lipinski definition) is 1. The highest BCUT2D eigenvalue weighted by Crippen LogP contribution is 2.43. The van der Waals surface area contributed by atoms with Crippen LogP contribution in [0, 0.1) is 5.41 Å². The van der Waals surface area contributed by atoms with E-state index in [1.807, 2.05) is 0 Å². The number of hydrogen-bond acceptors (Lipinski definition) is 3. The molecule has 0 bridgehead atoms. The molecule has 1 atom stereocenters. The van der Waals surface area contributed by atoms with Crippen molar-refractivity contribution in [1.82, 2.24) is 9.80 Å². The molecule has 0 aromatic rings. The lowest BCUT2D eigenvalue weighted by molar-refractivity contribution is -0.134. The van der Waals surface area contributed by atoms with Crippen molar-refractivity contribution in [2.75, 3.05) is 32.7 Å². The van der Waals surface area contributed by atoms with E-state index in [0.29, 0.717) is 24.9 Å². The van der Waals surface area contributed by atoms with Crippen molar-refractivity contribution in [2.45, 2.75) is 52.0 Å². The summed E-state index contributed by atoms with van der Waals surface area (Å²) < 4.78 is 0. The molecule has 0 aromatic heterocycles. The predicted octanol–water partition coefficient (Wildman–Crippen LogP) is 1.45. The van der Waals surface area contributed by atoms with Gasteiger partial charge in [-0.15, -0.1) is 0 Å². The molecule has 0 radical (unpaired) electrons. The first kappa shape index (κ1) is 14.8. The lowest BCUT2D eigenvalue weighted by Gasteiger charge is -2.41. The Bertz CT molecular complexity index is 305. The Morgan fingerprint density at radius 3 is 2.53 bits per heavy atom. The van der Waals surface area contributed by atoms with Crippen LogP contribution in [0.3, 0.4) is 0 Å². The average molecular weight is 267 g/mol. The predicted molar refractivity (Wildman–Crippen MR) is 77.9 cm³/mol. The second kappa shape index (κ2) is 6.23. The highest BCUT2D eigenvalue weighted by atomic mass is 16.2. The third-order valence-electron chi connectivity index (χ3n) is 5.22. The van der Waals surface area contributed by atoms with E-state index in [-0.39, 0.29) is 5.41 Å². The second-order valence-electron chi connectivity index (χ2n) is 6.24. The molecule has 1 aliphatic heterocycles. The zero-order valence-corrected chi connectivity index (χ0v) is 12.5. The van der Waals surface area contributed by atoms with Gasteiger partial charge in [0.15, 0.2) is 0 Å². The van der Waals surface area contributed by atoms with Gasteiger partial charge in [-0.1, -0.05) is 20.3 Å². The molecule has 2 aliphatic rings. The third kappa shape index (κ3) is 3.11. The SMILES string of the molecule is CCN(CC)C1CCN(C(=O)CC2(CN)CCC2)C1. The number of nitrogens with zero attached hydrogens (tertiary/aromatic N) is 2. The largest absolute Gasteiger partial charge is 0.341 e. The molecule has 1 aliphatic carbocycles. The number of carbonyl (C=O) groups excluding carboxylic acids is 1. The fraction of sp³-hybridized carbons (Fsp3) is 0.933. The maximum absolute atomic E-state index is 12.4.